The molecule has 136 valence electrons. The summed E-state index contributed by atoms with van der Waals surface area (Å²) in [5, 5.41) is 10.3. The minimum absolute atomic E-state index is 0.00205. The van der Waals surface area contributed by atoms with Crippen LogP contribution < -0.4 is 10.1 Å². The quantitative estimate of drug-likeness (QED) is 0.583. The molecule has 4 aromatic rings. The van der Waals surface area contributed by atoms with Crippen molar-refractivity contribution in [1.29, 1.82) is 0 Å². The summed E-state index contributed by atoms with van der Waals surface area (Å²) in [4.78, 5) is 12.3. The second-order valence-electron chi connectivity index (χ2n) is 5.48. The summed E-state index contributed by atoms with van der Waals surface area (Å²) >= 11 is 0. The van der Waals surface area contributed by atoms with E-state index in [1.54, 1.807) is 18.2 Å². The number of carbonyl (C=O) groups is 1. The number of amides is 1. The first-order valence-electron chi connectivity index (χ1n) is 7.72. The summed E-state index contributed by atoms with van der Waals surface area (Å²) in [7, 11) is 1.49. The molecule has 4 rings (SSSR count). The fourth-order valence-electron chi connectivity index (χ4n) is 2.51. The monoisotopic (exact) mass is 371 g/mol. The van der Waals surface area contributed by atoms with Crippen LogP contribution in [0, 0.1) is 11.6 Å². The van der Waals surface area contributed by atoms with Crippen molar-refractivity contribution in [2.75, 3.05) is 12.4 Å². The topological polar surface area (TPSA) is 90.4 Å². The third-order valence-corrected chi connectivity index (χ3v) is 3.76. The molecule has 7 nitrogen and oxygen atoms in total. The van der Waals surface area contributed by atoms with Crippen molar-refractivity contribution >= 4 is 22.9 Å². The third kappa shape index (κ3) is 3.10. The first kappa shape index (κ1) is 16.7. The summed E-state index contributed by atoms with van der Waals surface area (Å²) in [5.74, 6) is -1.94. The van der Waals surface area contributed by atoms with Crippen molar-refractivity contribution in [3.05, 3.63) is 59.9 Å². The van der Waals surface area contributed by atoms with Crippen molar-refractivity contribution < 1.29 is 27.1 Å². The van der Waals surface area contributed by atoms with Crippen LogP contribution in [0.2, 0.25) is 0 Å². The molecule has 27 heavy (non-hydrogen) atoms. The lowest BCUT2D eigenvalue weighted by Gasteiger charge is -1.99. The number of para-hydroxylation sites is 1. The molecular formula is C18H11F2N3O4. The van der Waals surface area contributed by atoms with E-state index in [1.165, 1.54) is 13.2 Å². The number of methoxy groups -OCH3 is 1. The fraction of sp³-hybridized carbons (Fsp3) is 0.0556. The lowest BCUT2D eigenvalue weighted by Crippen LogP contribution is -2.10. The molecule has 0 saturated carbocycles. The van der Waals surface area contributed by atoms with Gasteiger partial charge in [0.15, 0.2) is 17.1 Å². The second kappa shape index (κ2) is 6.52. The molecule has 0 atom stereocenters. The summed E-state index contributed by atoms with van der Waals surface area (Å²) in [6.45, 7) is 0. The van der Waals surface area contributed by atoms with E-state index < -0.39 is 17.5 Å². The van der Waals surface area contributed by atoms with Gasteiger partial charge in [-0.2, -0.15) is 0 Å². The highest BCUT2D eigenvalue weighted by molar-refractivity contribution is 6.04. The highest BCUT2D eigenvalue weighted by atomic mass is 19.1. The maximum atomic E-state index is 13.8. The van der Waals surface area contributed by atoms with Crippen molar-refractivity contribution in [1.82, 2.24) is 10.2 Å². The molecule has 0 fully saturated rings. The highest BCUT2D eigenvalue weighted by Crippen LogP contribution is 2.29. The van der Waals surface area contributed by atoms with Crippen LogP contribution >= 0.6 is 0 Å². The number of halogens is 2. The number of hydrogen-bond donors (Lipinski definition) is 1. The van der Waals surface area contributed by atoms with Crippen LogP contribution in [-0.2, 0) is 0 Å². The van der Waals surface area contributed by atoms with E-state index in [0.29, 0.717) is 22.8 Å². The Hall–Kier alpha value is -3.75. The lowest BCUT2D eigenvalue weighted by atomic mass is 10.2. The van der Waals surface area contributed by atoms with Gasteiger partial charge < -0.3 is 13.6 Å². The molecule has 0 saturated heterocycles. The number of aromatic nitrogens is 2. The molecule has 0 aliphatic carbocycles. The smallest absolute Gasteiger partial charge is 0.322 e. The zero-order chi connectivity index (χ0) is 19.0. The zero-order valence-electron chi connectivity index (χ0n) is 13.8. The van der Waals surface area contributed by atoms with Crippen LogP contribution in [0.25, 0.3) is 22.4 Å². The predicted octanol–water partition coefficient (Wildman–Crippen LogP) is 4.02. The number of nitrogens with zero attached hydrogens (tertiary/aromatic N) is 2. The Labute approximate surface area is 150 Å². The number of benzene rings is 2. The van der Waals surface area contributed by atoms with E-state index in [0.717, 1.165) is 12.1 Å². The van der Waals surface area contributed by atoms with E-state index in [9.17, 15) is 13.6 Å². The number of fused-ring (bicyclic) bond motifs is 1. The molecule has 1 N–H and O–H groups in total. The van der Waals surface area contributed by atoms with Gasteiger partial charge in [-0.25, -0.2) is 8.78 Å². The molecule has 0 unspecified atom stereocenters. The van der Waals surface area contributed by atoms with E-state index in [1.807, 2.05) is 0 Å². The van der Waals surface area contributed by atoms with Gasteiger partial charge in [-0.1, -0.05) is 17.2 Å². The first-order chi connectivity index (χ1) is 13.0. The molecule has 0 radical (unpaired) electrons. The maximum absolute atomic E-state index is 13.8. The lowest BCUT2D eigenvalue weighted by molar-refractivity contribution is 0.0995. The minimum atomic E-state index is -0.860. The largest absolute Gasteiger partial charge is 0.493 e. The van der Waals surface area contributed by atoms with Gasteiger partial charge in [0.2, 0.25) is 0 Å². The Kier molecular flexibility index (Phi) is 4.03. The molecule has 1 amide bonds. The summed E-state index contributed by atoms with van der Waals surface area (Å²) in [6.07, 6.45) is 0. The van der Waals surface area contributed by atoms with Gasteiger partial charge in [-0.15, -0.1) is 5.10 Å². The number of hydrogen-bond acceptors (Lipinski definition) is 6. The van der Waals surface area contributed by atoms with Gasteiger partial charge in [0.1, 0.15) is 11.6 Å². The third-order valence-electron chi connectivity index (χ3n) is 3.76. The van der Waals surface area contributed by atoms with Gasteiger partial charge in [0.25, 0.3) is 11.8 Å². The fourth-order valence-corrected chi connectivity index (χ4v) is 2.51. The average Bonchev–Trinajstić information content (AvgIpc) is 3.28. The maximum Gasteiger partial charge on any atom is 0.322 e. The minimum Gasteiger partial charge on any atom is -0.493 e. The molecule has 2 aromatic carbocycles. The molecule has 2 aromatic heterocycles. The van der Waals surface area contributed by atoms with Crippen molar-refractivity contribution in [3.8, 4) is 17.2 Å². The van der Waals surface area contributed by atoms with Crippen LogP contribution in [0.3, 0.4) is 0 Å². The molecule has 0 aliphatic heterocycles. The molecular weight excluding hydrogens is 360 g/mol. The van der Waals surface area contributed by atoms with E-state index >= 15 is 0 Å². The number of anilines is 1. The Morgan fingerprint density at radius 2 is 1.96 bits per heavy atom. The predicted molar refractivity (Wildman–Crippen MR) is 90.4 cm³/mol. The van der Waals surface area contributed by atoms with Gasteiger partial charge in [-0.3, -0.25) is 10.1 Å². The number of carbonyl (C=O) groups excluding carboxylic acids is 1. The average molecular weight is 371 g/mol. The first-order valence-corrected chi connectivity index (χ1v) is 7.72. The van der Waals surface area contributed by atoms with Gasteiger partial charge in [-0.05, 0) is 24.3 Å². The molecule has 0 spiro atoms. The molecule has 2 heterocycles. The van der Waals surface area contributed by atoms with Crippen LogP contribution in [0.1, 0.15) is 10.6 Å². The van der Waals surface area contributed by atoms with Gasteiger partial charge in [0.05, 0.1) is 12.7 Å². The standard InChI is InChI=1S/C18H11F2N3O4/c1-25-13-4-2-3-9-7-14(26-15(9)13)16(24)21-18-23-22-17(27-18)11-6-5-10(19)8-12(11)20/h2-8H,1H3,(H,21,23,24). The van der Waals surface area contributed by atoms with Gasteiger partial charge in [0, 0.05) is 11.5 Å². The second-order valence-corrected chi connectivity index (χ2v) is 5.48. The van der Waals surface area contributed by atoms with E-state index in [2.05, 4.69) is 15.5 Å². The Morgan fingerprint density at radius 3 is 2.74 bits per heavy atom. The normalized spacial score (nSPS) is 10.9. The van der Waals surface area contributed by atoms with Crippen molar-refractivity contribution in [3.63, 3.8) is 0 Å². The van der Waals surface area contributed by atoms with Crippen LogP contribution in [0.5, 0.6) is 5.75 Å². The number of nitrogens with one attached hydrogen (secondary N) is 1. The van der Waals surface area contributed by atoms with Crippen molar-refractivity contribution in [2.24, 2.45) is 0 Å². The summed E-state index contributed by atoms with van der Waals surface area (Å²) < 4.78 is 42.7. The highest BCUT2D eigenvalue weighted by Gasteiger charge is 2.19. The van der Waals surface area contributed by atoms with E-state index in [-0.39, 0.29) is 23.2 Å². The Morgan fingerprint density at radius 1 is 1.11 bits per heavy atom. The Balaban J connectivity index is 1.58. The van der Waals surface area contributed by atoms with Crippen molar-refractivity contribution in [2.45, 2.75) is 0 Å². The Bertz CT molecular complexity index is 1150. The van der Waals surface area contributed by atoms with Crippen LogP contribution in [0.15, 0.2) is 51.3 Å². The van der Waals surface area contributed by atoms with Crippen LogP contribution in [0.4, 0.5) is 14.8 Å². The summed E-state index contributed by atoms with van der Waals surface area (Å²) in [6, 6.07) is 9.42. The number of rotatable bonds is 4. The van der Waals surface area contributed by atoms with E-state index in [4.69, 9.17) is 13.6 Å². The molecule has 9 heteroatoms. The molecule has 0 aliphatic rings. The number of ether oxygens (including phenoxy) is 1. The zero-order valence-corrected chi connectivity index (χ0v) is 13.8. The van der Waals surface area contributed by atoms with Gasteiger partial charge >= 0.3 is 6.01 Å². The number of furan rings is 1. The molecule has 0 bridgehead atoms. The SMILES string of the molecule is COc1cccc2cc(C(=O)Nc3nnc(-c4ccc(F)cc4F)o3)oc12. The summed E-state index contributed by atoms with van der Waals surface area (Å²) in [5.41, 5.74) is 0.336. The van der Waals surface area contributed by atoms with Crippen LogP contribution in [-0.4, -0.2) is 23.2 Å².